The Bertz CT molecular complexity index is 694. The van der Waals surface area contributed by atoms with E-state index >= 15 is 0 Å². The molecule has 2 rings (SSSR count). The molecule has 0 heterocycles. The van der Waals surface area contributed by atoms with E-state index in [9.17, 15) is 9.18 Å². The Balaban J connectivity index is 2.39. The summed E-state index contributed by atoms with van der Waals surface area (Å²) in [5.41, 5.74) is 6.28. The summed E-state index contributed by atoms with van der Waals surface area (Å²) in [7, 11) is 0. The van der Waals surface area contributed by atoms with Gasteiger partial charge < -0.3 is 16.2 Å². The van der Waals surface area contributed by atoms with Crippen LogP contribution in [0.1, 0.15) is 10.4 Å². The van der Waals surface area contributed by atoms with Crippen LogP contribution < -0.4 is 11.1 Å². The molecule has 4 N–H and O–H groups in total. The molecule has 2 aromatic rings. The number of nitrogens with two attached hydrogens (primary N) is 1. The van der Waals surface area contributed by atoms with Crippen LogP contribution in [0.4, 0.5) is 21.5 Å². The summed E-state index contributed by atoms with van der Waals surface area (Å²) in [4.78, 5) is 10.8. The molecule has 0 amide bonds. The molecule has 0 aliphatic rings. The number of aromatic carboxylic acids is 1. The van der Waals surface area contributed by atoms with E-state index in [2.05, 4.69) is 21.2 Å². The van der Waals surface area contributed by atoms with Crippen molar-refractivity contribution in [3.8, 4) is 0 Å². The largest absolute Gasteiger partial charge is 0.478 e. The maximum atomic E-state index is 13.6. The molecule has 0 radical (unpaired) electrons. The van der Waals surface area contributed by atoms with Gasteiger partial charge in [0.1, 0.15) is 5.82 Å². The van der Waals surface area contributed by atoms with Crippen molar-refractivity contribution in [1.82, 2.24) is 0 Å². The second-order valence-electron chi connectivity index (χ2n) is 3.97. The van der Waals surface area contributed by atoms with E-state index in [1.165, 1.54) is 0 Å². The first-order valence-electron chi connectivity index (χ1n) is 5.43. The van der Waals surface area contributed by atoms with Crippen LogP contribution in [0.25, 0.3) is 0 Å². The Labute approximate surface area is 127 Å². The van der Waals surface area contributed by atoms with Gasteiger partial charge in [-0.3, -0.25) is 0 Å². The Morgan fingerprint density at radius 3 is 2.60 bits per heavy atom. The Kier molecular flexibility index (Phi) is 4.15. The fourth-order valence-electron chi connectivity index (χ4n) is 1.60. The predicted molar refractivity (Wildman–Crippen MR) is 80.2 cm³/mol. The van der Waals surface area contributed by atoms with Gasteiger partial charge in [0.15, 0.2) is 0 Å². The third kappa shape index (κ3) is 3.02. The van der Waals surface area contributed by atoms with E-state index in [0.717, 1.165) is 12.1 Å². The van der Waals surface area contributed by atoms with E-state index in [-0.39, 0.29) is 11.4 Å². The van der Waals surface area contributed by atoms with E-state index in [1.54, 1.807) is 18.2 Å². The van der Waals surface area contributed by atoms with Crippen molar-refractivity contribution in [2.75, 3.05) is 11.1 Å². The van der Waals surface area contributed by atoms with E-state index in [0.29, 0.717) is 15.2 Å². The number of hydrogen-bond acceptors (Lipinski definition) is 3. The van der Waals surface area contributed by atoms with Gasteiger partial charge in [0.05, 0.1) is 22.6 Å². The number of benzene rings is 2. The highest BCUT2D eigenvalue weighted by Crippen LogP contribution is 2.32. The van der Waals surface area contributed by atoms with Crippen LogP contribution in [-0.4, -0.2) is 11.1 Å². The number of rotatable bonds is 3. The highest BCUT2D eigenvalue weighted by atomic mass is 79.9. The topological polar surface area (TPSA) is 75.4 Å². The molecule has 0 unspecified atom stereocenters. The lowest BCUT2D eigenvalue weighted by atomic mass is 10.1. The smallest absolute Gasteiger partial charge is 0.338 e. The van der Waals surface area contributed by atoms with Gasteiger partial charge in [0, 0.05) is 15.6 Å². The van der Waals surface area contributed by atoms with E-state index in [4.69, 9.17) is 22.4 Å². The first-order valence-corrected chi connectivity index (χ1v) is 6.60. The van der Waals surface area contributed by atoms with Gasteiger partial charge in [0.25, 0.3) is 0 Å². The van der Waals surface area contributed by atoms with Gasteiger partial charge in [-0.1, -0.05) is 11.6 Å². The maximum absolute atomic E-state index is 13.6. The number of carboxylic acid groups (broad SMARTS) is 1. The minimum absolute atomic E-state index is 0.130. The summed E-state index contributed by atoms with van der Waals surface area (Å²) >= 11 is 9.13. The average molecular weight is 360 g/mol. The first kappa shape index (κ1) is 14.6. The quantitative estimate of drug-likeness (QED) is 0.716. The summed E-state index contributed by atoms with van der Waals surface area (Å²) in [6.45, 7) is 0. The zero-order chi connectivity index (χ0) is 14.9. The molecule has 0 aliphatic heterocycles. The molecular weight excluding hydrogens is 351 g/mol. The molecule has 2 aromatic carbocycles. The SMILES string of the molecule is Nc1cc(C(=O)O)c(F)cc1Nc1ccc(Cl)cc1Br. The summed E-state index contributed by atoms with van der Waals surface area (Å²) < 4.78 is 14.3. The molecule has 0 aromatic heterocycles. The second-order valence-corrected chi connectivity index (χ2v) is 5.26. The molecule has 7 heteroatoms. The van der Waals surface area contributed by atoms with Gasteiger partial charge in [-0.2, -0.15) is 0 Å². The minimum atomic E-state index is -1.37. The third-order valence-corrected chi connectivity index (χ3v) is 3.46. The number of carbonyl (C=O) groups is 1. The van der Waals surface area contributed by atoms with Crippen LogP contribution in [0, 0.1) is 5.82 Å². The van der Waals surface area contributed by atoms with Crippen LogP contribution in [0.2, 0.25) is 5.02 Å². The zero-order valence-corrected chi connectivity index (χ0v) is 12.3. The highest BCUT2D eigenvalue weighted by Gasteiger charge is 2.14. The number of nitrogens with one attached hydrogen (secondary N) is 1. The Morgan fingerprint density at radius 2 is 2.00 bits per heavy atom. The van der Waals surface area contributed by atoms with Crippen molar-refractivity contribution >= 4 is 50.6 Å². The van der Waals surface area contributed by atoms with Gasteiger partial charge in [-0.05, 0) is 40.2 Å². The fourth-order valence-corrected chi connectivity index (χ4v) is 2.38. The van der Waals surface area contributed by atoms with Crippen molar-refractivity contribution in [2.45, 2.75) is 0 Å². The summed E-state index contributed by atoms with van der Waals surface area (Å²) in [6, 6.07) is 7.13. The monoisotopic (exact) mass is 358 g/mol. The molecule has 0 fully saturated rings. The lowest BCUT2D eigenvalue weighted by Gasteiger charge is -2.12. The van der Waals surface area contributed by atoms with Gasteiger partial charge in [-0.25, -0.2) is 9.18 Å². The molecule has 0 saturated heterocycles. The molecule has 0 bridgehead atoms. The standard InChI is InChI=1S/C13H9BrClFN2O2/c14-8-3-6(15)1-2-11(8)18-12-5-9(16)7(13(19)20)4-10(12)17/h1-5,18H,17H2,(H,19,20). The number of anilines is 3. The molecule has 0 aliphatic carbocycles. The molecule has 20 heavy (non-hydrogen) atoms. The number of hydrogen-bond donors (Lipinski definition) is 3. The number of carboxylic acids is 1. The average Bonchev–Trinajstić information content (AvgIpc) is 2.36. The van der Waals surface area contributed by atoms with Crippen molar-refractivity contribution < 1.29 is 14.3 Å². The number of nitrogen functional groups attached to an aromatic ring is 1. The van der Waals surface area contributed by atoms with Crippen LogP contribution >= 0.6 is 27.5 Å². The minimum Gasteiger partial charge on any atom is -0.478 e. The lowest BCUT2D eigenvalue weighted by molar-refractivity contribution is 0.0692. The summed E-state index contributed by atoms with van der Waals surface area (Å²) in [5, 5.41) is 12.3. The highest BCUT2D eigenvalue weighted by molar-refractivity contribution is 9.10. The van der Waals surface area contributed by atoms with E-state index in [1.807, 2.05) is 0 Å². The Hall–Kier alpha value is -1.79. The first-order chi connectivity index (χ1) is 9.38. The van der Waals surface area contributed by atoms with Crippen LogP contribution in [0.5, 0.6) is 0 Å². The van der Waals surface area contributed by atoms with Crippen molar-refractivity contribution in [3.05, 3.63) is 51.2 Å². The van der Waals surface area contributed by atoms with Gasteiger partial charge in [-0.15, -0.1) is 0 Å². The van der Waals surface area contributed by atoms with Crippen LogP contribution in [-0.2, 0) is 0 Å². The number of halogens is 3. The molecule has 104 valence electrons. The van der Waals surface area contributed by atoms with E-state index < -0.39 is 17.3 Å². The van der Waals surface area contributed by atoms with Crippen molar-refractivity contribution in [3.63, 3.8) is 0 Å². The summed E-state index contributed by atoms with van der Waals surface area (Å²) in [6.07, 6.45) is 0. The molecule has 4 nitrogen and oxygen atoms in total. The van der Waals surface area contributed by atoms with Gasteiger partial charge in [0.2, 0.25) is 0 Å². The van der Waals surface area contributed by atoms with Crippen LogP contribution in [0.3, 0.4) is 0 Å². The normalized spacial score (nSPS) is 10.3. The molecule has 0 atom stereocenters. The van der Waals surface area contributed by atoms with Crippen LogP contribution in [0.15, 0.2) is 34.8 Å². The van der Waals surface area contributed by atoms with Crippen molar-refractivity contribution in [2.24, 2.45) is 0 Å². The fraction of sp³-hybridized carbons (Fsp3) is 0. The third-order valence-electron chi connectivity index (χ3n) is 2.57. The lowest BCUT2D eigenvalue weighted by Crippen LogP contribution is -2.05. The molecular formula is C13H9BrClFN2O2. The van der Waals surface area contributed by atoms with Crippen molar-refractivity contribution in [1.29, 1.82) is 0 Å². The maximum Gasteiger partial charge on any atom is 0.338 e. The second kappa shape index (κ2) is 5.68. The molecule has 0 spiro atoms. The zero-order valence-electron chi connectivity index (χ0n) is 9.95. The predicted octanol–water partition coefficient (Wildman–Crippen LogP) is 4.27. The molecule has 0 saturated carbocycles. The Morgan fingerprint density at radius 1 is 1.30 bits per heavy atom. The van der Waals surface area contributed by atoms with Gasteiger partial charge >= 0.3 is 5.97 Å². The summed E-state index contributed by atoms with van der Waals surface area (Å²) in [5.74, 6) is -2.23.